The van der Waals surface area contributed by atoms with Crippen molar-refractivity contribution in [2.24, 2.45) is 5.41 Å². The van der Waals surface area contributed by atoms with Gasteiger partial charge < -0.3 is 20.7 Å². The van der Waals surface area contributed by atoms with E-state index in [9.17, 15) is 9.59 Å². The lowest BCUT2D eigenvalue weighted by Crippen LogP contribution is -2.27. The summed E-state index contributed by atoms with van der Waals surface area (Å²) in [6, 6.07) is 14.6. The molecule has 2 amide bonds. The SMILES string of the molecule is CCC(C)Oc1ccc(NC(=O)CNc2cccc(NC(=O)C(C)(C)C)c2)cc1. The number of carbonyl (C=O) groups excluding carboxylic acids is 2. The topological polar surface area (TPSA) is 79.5 Å². The number of rotatable bonds is 8. The van der Waals surface area contributed by atoms with E-state index in [0.717, 1.165) is 17.9 Å². The van der Waals surface area contributed by atoms with Crippen molar-refractivity contribution in [1.82, 2.24) is 0 Å². The number of ether oxygens (including phenoxy) is 1. The lowest BCUT2D eigenvalue weighted by Gasteiger charge is -2.18. The molecular weight excluding hydrogens is 366 g/mol. The van der Waals surface area contributed by atoms with E-state index in [4.69, 9.17) is 4.74 Å². The highest BCUT2D eigenvalue weighted by molar-refractivity contribution is 5.95. The van der Waals surface area contributed by atoms with E-state index in [0.29, 0.717) is 11.4 Å². The van der Waals surface area contributed by atoms with Crippen molar-refractivity contribution in [3.8, 4) is 5.75 Å². The van der Waals surface area contributed by atoms with Gasteiger partial charge in [0.25, 0.3) is 0 Å². The Morgan fingerprint density at radius 2 is 1.62 bits per heavy atom. The van der Waals surface area contributed by atoms with Gasteiger partial charge in [0.05, 0.1) is 12.6 Å². The zero-order valence-corrected chi connectivity index (χ0v) is 17.8. The summed E-state index contributed by atoms with van der Waals surface area (Å²) >= 11 is 0. The standard InChI is InChI=1S/C23H31N3O3/c1-6-16(2)29-20-12-10-17(11-13-20)25-21(27)15-24-18-8-7-9-19(14-18)26-22(28)23(3,4)5/h7-14,16,24H,6,15H2,1-5H3,(H,25,27)(H,26,28). The van der Waals surface area contributed by atoms with Crippen LogP contribution in [-0.2, 0) is 9.59 Å². The smallest absolute Gasteiger partial charge is 0.243 e. The minimum Gasteiger partial charge on any atom is -0.491 e. The maximum Gasteiger partial charge on any atom is 0.243 e. The van der Waals surface area contributed by atoms with Crippen LogP contribution >= 0.6 is 0 Å². The Hall–Kier alpha value is -3.02. The molecule has 0 aliphatic carbocycles. The number of hydrogen-bond acceptors (Lipinski definition) is 4. The molecule has 0 fully saturated rings. The molecule has 2 aromatic rings. The molecule has 3 N–H and O–H groups in total. The maximum atomic E-state index is 12.2. The van der Waals surface area contributed by atoms with E-state index in [1.807, 2.05) is 70.2 Å². The normalized spacial score (nSPS) is 12.0. The minimum absolute atomic E-state index is 0.0619. The summed E-state index contributed by atoms with van der Waals surface area (Å²) in [4.78, 5) is 24.3. The second-order valence-corrected chi connectivity index (χ2v) is 8.05. The van der Waals surface area contributed by atoms with Gasteiger partial charge in [-0.1, -0.05) is 33.8 Å². The van der Waals surface area contributed by atoms with Crippen LogP contribution in [-0.4, -0.2) is 24.5 Å². The van der Waals surface area contributed by atoms with Gasteiger partial charge in [0, 0.05) is 22.5 Å². The van der Waals surface area contributed by atoms with Crippen molar-refractivity contribution in [3.05, 3.63) is 48.5 Å². The first-order valence-electron chi connectivity index (χ1n) is 9.89. The fraction of sp³-hybridized carbons (Fsp3) is 0.391. The number of anilines is 3. The summed E-state index contributed by atoms with van der Waals surface area (Å²) in [7, 11) is 0. The van der Waals surface area contributed by atoms with Gasteiger partial charge in [-0.25, -0.2) is 0 Å². The van der Waals surface area contributed by atoms with Crippen molar-refractivity contribution in [3.63, 3.8) is 0 Å². The number of benzene rings is 2. The molecule has 0 radical (unpaired) electrons. The zero-order valence-electron chi connectivity index (χ0n) is 17.8. The Balaban J connectivity index is 1.86. The van der Waals surface area contributed by atoms with E-state index in [1.54, 1.807) is 6.07 Å². The Morgan fingerprint density at radius 3 is 2.24 bits per heavy atom. The van der Waals surface area contributed by atoms with E-state index in [1.165, 1.54) is 0 Å². The van der Waals surface area contributed by atoms with Crippen LogP contribution in [0.25, 0.3) is 0 Å². The first-order valence-corrected chi connectivity index (χ1v) is 9.89. The molecule has 1 atom stereocenters. The van der Waals surface area contributed by atoms with Gasteiger partial charge in [-0.15, -0.1) is 0 Å². The van der Waals surface area contributed by atoms with Gasteiger partial charge in [0.15, 0.2) is 0 Å². The van der Waals surface area contributed by atoms with Crippen molar-refractivity contribution in [1.29, 1.82) is 0 Å². The largest absolute Gasteiger partial charge is 0.491 e. The molecule has 29 heavy (non-hydrogen) atoms. The molecule has 0 saturated carbocycles. The lowest BCUT2D eigenvalue weighted by atomic mass is 9.95. The van der Waals surface area contributed by atoms with E-state index in [2.05, 4.69) is 22.9 Å². The van der Waals surface area contributed by atoms with Crippen LogP contribution < -0.4 is 20.7 Å². The second kappa shape index (κ2) is 9.96. The molecule has 0 aliphatic rings. The average molecular weight is 398 g/mol. The van der Waals surface area contributed by atoms with Crippen LogP contribution in [0, 0.1) is 5.41 Å². The predicted octanol–water partition coefficient (Wildman–Crippen LogP) is 4.90. The van der Waals surface area contributed by atoms with Crippen LogP contribution in [0.2, 0.25) is 0 Å². The van der Waals surface area contributed by atoms with Gasteiger partial charge in [0.2, 0.25) is 11.8 Å². The molecule has 0 aromatic heterocycles. The Kier molecular flexibility index (Phi) is 7.65. The van der Waals surface area contributed by atoms with Crippen LogP contribution in [0.4, 0.5) is 17.1 Å². The first-order chi connectivity index (χ1) is 13.7. The molecule has 0 spiro atoms. The van der Waals surface area contributed by atoms with Crippen LogP contribution in [0.15, 0.2) is 48.5 Å². The molecule has 6 heteroatoms. The third-order valence-electron chi connectivity index (χ3n) is 4.30. The fourth-order valence-electron chi connectivity index (χ4n) is 2.35. The number of amides is 2. The van der Waals surface area contributed by atoms with Crippen LogP contribution in [0.1, 0.15) is 41.0 Å². The van der Waals surface area contributed by atoms with Gasteiger partial charge in [-0.2, -0.15) is 0 Å². The van der Waals surface area contributed by atoms with E-state index < -0.39 is 5.41 Å². The summed E-state index contributed by atoms with van der Waals surface area (Å²) in [5.74, 6) is 0.558. The summed E-state index contributed by atoms with van der Waals surface area (Å²) in [5.41, 5.74) is 1.68. The maximum absolute atomic E-state index is 12.2. The van der Waals surface area contributed by atoms with Gasteiger partial charge in [-0.3, -0.25) is 9.59 Å². The quantitative estimate of drug-likeness (QED) is 0.592. The fourth-order valence-corrected chi connectivity index (χ4v) is 2.35. The molecule has 1 unspecified atom stereocenters. The van der Waals surface area contributed by atoms with Crippen molar-refractivity contribution >= 4 is 28.9 Å². The third kappa shape index (κ3) is 7.49. The van der Waals surface area contributed by atoms with Gasteiger partial charge in [0.1, 0.15) is 5.75 Å². The Morgan fingerprint density at radius 1 is 0.966 bits per heavy atom. The predicted molar refractivity (Wildman–Crippen MR) is 118 cm³/mol. The highest BCUT2D eigenvalue weighted by Gasteiger charge is 2.21. The molecule has 6 nitrogen and oxygen atoms in total. The molecule has 0 saturated heterocycles. The molecule has 2 aromatic carbocycles. The van der Waals surface area contributed by atoms with Crippen molar-refractivity contribution < 1.29 is 14.3 Å². The summed E-state index contributed by atoms with van der Waals surface area (Å²) in [6.07, 6.45) is 1.09. The van der Waals surface area contributed by atoms with E-state index >= 15 is 0 Å². The van der Waals surface area contributed by atoms with Gasteiger partial charge in [-0.05, 0) is 55.8 Å². The van der Waals surface area contributed by atoms with Crippen LogP contribution in [0.5, 0.6) is 5.75 Å². The highest BCUT2D eigenvalue weighted by atomic mass is 16.5. The lowest BCUT2D eigenvalue weighted by molar-refractivity contribution is -0.123. The number of carbonyl (C=O) groups is 2. The second-order valence-electron chi connectivity index (χ2n) is 8.05. The Bertz CT molecular complexity index is 826. The summed E-state index contributed by atoms with van der Waals surface area (Å²) < 4.78 is 5.73. The monoisotopic (exact) mass is 397 g/mol. The summed E-state index contributed by atoms with van der Waals surface area (Å²) in [6.45, 7) is 9.78. The molecule has 0 bridgehead atoms. The molecule has 0 aliphatic heterocycles. The zero-order chi connectivity index (χ0) is 21.4. The molecule has 2 rings (SSSR count). The Labute approximate surface area is 173 Å². The molecule has 156 valence electrons. The first kappa shape index (κ1) is 22.3. The van der Waals surface area contributed by atoms with Crippen molar-refractivity contribution in [2.45, 2.75) is 47.1 Å². The van der Waals surface area contributed by atoms with E-state index in [-0.39, 0.29) is 24.5 Å². The number of hydrogen-bond donors (Lipinski definition) is 3. The molecular formula is C23H31N3O3. The van der Waals surface area contributed by atoms with Crippen molar-refractivity contribution in [2.75, 3.05) is 22.5 Å². The molecule has 0 heterocycles. The minimum atomic E-state index is -0.474. The van der Waals surface area contributed by atoms with Gasteiger partial charge >= 0.3 is 0 Å². The number of nitrogens with one attached hydrogen (secondary N) is 3. The summed E-state index contributed by atoms with van der Waals surface area (Å²) in [5, 5.41) is 8.80. The van der Waals surface area contributed by atoms with Crippen LogP contribution in [0.3, 0.4) is 0 Å². The third-order valence-corrected chi connectivity index (χ3v) is 4.30. The average Bonchev–Trinajstić information content (AvgIpc) is 2.67. The highest BCUT2D eigenvalue weighted by Crippen LogP contribution is 2.20.